The SMILES string of the molecule is O=[N+]([O-])c1cc(F)c(NCCCC(F)(F)F)c(F)c1. The number of nitrogens with one attached hydrogen (secondary N) is 1. The molecule has 0 saturated carbocycles. The van der Waals surface area contributed by atoms with Crippen LogP contribution in [0.1, 0.15) is 12.8 Å². The molecule has 0 radical (unpaired) electrons. The van der Waals surface area contributed by atoms with E-state index in [1.54, 1.807) is 0 Å². The monoisotopic (exact) mass is 284 g/mol. The number of anilines is 1. The van der Waals surface area contributed by atoms with Crippen molar-refractivity contribution in [3.05, 3.63) is 33.9 Å². The van der Waals surface area contributed by atoms with Crippen LogP contribution in [0.2, 0.25) is 0 Å². The number of halogens is 5. The van der Waals surface area contributed by atoms with Gasteiger partial charge >= 0.3 is 6.18 Å². The summed E-state index contributed by atoms with van der Waals surface area (Å²) in [6.07, 6.45) is -5.79. The third kappa shape index (κ3) is 4.68. The van der Waals surface area contributed by atoms with Gasteiger partial charge in [-0.05, 0) is 6.42 Å². The van der Waals surface area contributed by atoms with Gasteiger partial charge in [-0.1, -0.05) is 0 Å². The Hall–Kier alpha value is -1.93. The van der Waals surface area contributed by atoms with Gasteiger partial charge in [-0.15, -0.1) is 0 Å². The summed E-state index contributed by atoms with van der Waals surface area (Å²) in [5.74, 6) is -2.45. The number of non-ortho nitro benzene ring substituents is 1. The molecule has 4 nitrogen and oxygen atoms in total. The molecule has 0 heterocycles. The standard InChI is InChI=1S/C10H9F5N2O2/c11-7-4-6(17(18)19)5-8(12)9(7)16-3-1-2-10(13,14)15/h4-5,16H,1-3H2. The largest absolute Gasteiger partial charge is 0.389 e. The van der Waals surface area contributed by atoms with Crippen LogP contribution in [-0.4, -0.2) is 17.6 Å². The van der Waals surface area contributed by atoms with Gasteiger partial charge in [0.2, 0.25) is 0 Å². The first kappa shape index (κ1) is 15.1. The molecule has 0 aliphatic rings. The van der Waals surface area contributed by atoms with E-state index in [4.69, 9.17) is 0 Å². The third-order valence-electron chi connectivity index (χ3n) is 2.18. The molecule has 0 aliphatic carbocycles. The summed E-state index contributed by atoms with van der Waals surface area (Å²) >= 11 is 0. The van der Waals surface area contributed by atoms with Crippen molar-refractivity contribution in [2.75, 3.05) is 11.9 Å². The Bertz CT molecular complexity index is 452. The summed E-state index contributed by atoms with van der Waals surface area (Å²) < 4.78 is 62.1. The van der Waals surface area contributed by atoms with Crippen LogP contribution in [0.15, 0.2) is 12.1 Å². The van der Waals surface area contributed by atoms with Crippen molar-refractivity contribution >= 4 is 11.4 Å². The Labute approximate surface area is 104 Å². The second-order valence-corrected chi connectivity index (χ2v) is 3.69. The lowest BCUT2D eigenvalue weighted by Gasteiger charge is -2.09. The van der Waals surface area contributed by atoms with Crippen molar-refractivity contribution in [1.82, 2.24) is 0 Å². The van der Waals surface area contributed by atoms with Crippen LogP contribution in [0.4, 0.5) is 33.3 Å². The highest BCUT2D eigenvalue weighted by molar-refractivity contribution is 5.51. The molecule has 106 valence electrons. The summed E-state index contributed by atoms with van der Waals surface area (Å²) in [7, 11) is 0. The normalized spacial score (nSPS) is 11.4. The summed E-state index contributed by atoms with van der Waals surface area (Å²) in [5.41, 5.74) is -1.44. The van der Waals surface area contributed by atoms with E-state index in [0.717, 1.165) is 0 Å². The lowest BCUT2D eigenvalue weighted by Crippen LogP contribution is -2.12. The van der Waals surface area contributed by atoms with Gasteiger partial charge in [0.1, 0.15) is 5.69 Å². The van der Waals surface area contributed by atoms with Crippen LogP contribution < -0.4 is 5.32 Å². The zero-order valence-corrected chi connectivity index (χ0v) is 9.43. The molecule has 1 aromatic carbocycles. The summed E-state index contributed by atoms with van der Waals surface area (Å²) in [4.78, 5) is 9.34. The molecule has 9 heteroatoms. The van der Waals surface area contributed by atoms with Crippen molar-refractivity contribution < 1.29 is 26.9 Å². The van der Waals surface area contributed by atoms with Gasteiger partial charge < -0.3 is 5.32 Å². The predicted octanol–water partition coefficient (Wildman–Crippen LogP) is 3.63. The Kier molecular flexibility index (Phi) is 4.62. The molecule has 0 amide bonds. The van der Waals surface area contributed by atoms with E-state index in [0.29, 0.717) is 12.1 Å². The molecule has 0 aromatic heterocycles. The number of rotatable bonds is 5. The molecule has 1 aromatic rings. The zero-order chi connectivity index (χ0) is 14.6. The molecule has 0 aliphatic heterocycles. The van der Waals surface area contributed by atoms with Crippen LogP contribution in [-0.2, 0) is 0 Å². The average Bonchev–Trinajstić information content (AvgIpc) is 2.25. The average molecular weight is 284 g/mol. The fourth-order valence-corrected chi connectivity index (χ4v) is 1.34. The minimum Gasteiger partial charge on any atom is -0.380 e. The van der Waals surface area contributed by atoms with Crippen LogP contribution in [0.5, 0.6) is 0 Å². The highest BCUT2D eigenvalue weighted by Crippen LogP contribution is 2.25. The number of nitro benzene ring substituents is 1. The van der Waals surface area contributed by atoms with Crippen molar-refractivity contribution in [2.45, 2.75) is 19.0 Å². The van der Waals surface area contributed by atoms with E-state index in [1.165, 1.54) is 0 Å². The molecule has 0 saturated heterocycles. The first-order valence-corrected chi connectivity index (χ1v) is 5.15. The van der Waals surface area contributed by atoms with E-state index in [2.05, 4.69) is 5.32 Å². The van der Waals surface area contributed by atoms with Crippen molar-refractivity contribution in [3.63, 3.8) is 0 Å². The predicted molar refractivity (Wildman–Crippen MR) is 56.8 cm³/mol. The molecule has 1 N–H and O–H groups in total. The van der Waals surface area contributed by atoms with Crippen molar-refractivity contribution in [1.29, 1.82) is 0 Å². The van der Waals surface area contributed by atoms with Crippen LogP contribution in [0.25, 0.3) is 0 Å². The fourth-order valence-electron chi connectivity index (χ4n) is 1.34. The minimum absolute atomic E-state index is 0.300. The van der Waals surface area contributed by atoms with E-state index >= 15 is 0 Å². The Balaban J connectivity index is 2.67. The highest BCUT2D eigenvalue weighted by Gasteiger charge is 2.26. The van der Waals surface area contributed by atoms with Crippen LogP contribution in [0, 0.1) is 21.7 Å². The van der Waals surface area contributed by atoms with Gasteiger partial charge in [0.25, 0.3) is 5.69 Å². The zero-order valence-electron chi connectivity index (χ0n) is 9.43. The molecule has 0 unspecified atom stereocenters. The van der Waals surface area contributed by atoms with E-state index in [1.807, 2.05) is 0 Å². The van der Waals surface area contributed by atoms with Crippen LogP contribution in [0.3, 0.4) is 0 Å². The fraction of sp³-hybridized carbons (Fsp3) is 0.400. The number of hydrogen-bond acceptors (Lipinski definition) is 3. The second kappa shape index (κ2) is 5.81. The number of nitro groups is 1. The quantitative estimate of drug-likeness (QED) is 0.389. The van der Waals surface area contributed by atoms with Gasteiger partial charge in [-0.2, -0.15) is 13.2 Å². The first-order chi connectivity index (χ1) is 8.70. The van der Waals surface area contributed by atoms with E-state index in [-0.39, 0.29) is 13.0 Å². The molecular weight excluding hydrogens is 275 g/mol. The van der Waals surface area contributed by atoms with Gasteiger partial charge in [0.05, 0.1) is 17.1 Å². The summed E-state index contributed by atoms with van der Waals surface area (Å²) in [6.45, 7) is -0.300. The Morgan fingerprint density at radius 1 is 1.21 bits per heavy atom. The summed E-state index contributed by atoms with van der Waals surface area (Å²) in [5, 5.41) is 12.5. The Morgan fingerprint density at radius 3 is 2.16 bits per heavy atom. The second-order valence-electron chi connectivity index (χ2n) is 3.69. The summed E-state index contributed by atoms with van der Waals surface area (Å²) in [6, 6.07) is 0.990. The number of benzene rings is 1. The van der Waals surface area contributed by atoms with E-state index < -0.39 is 40.5 Å². The Morgan fingerprint density at radius 2 is 1.74 bits per heavy atom. The first-order valence-electron chi connectivity index (χ1n) is 5.15. The van der Waals surface area contributed by atoms with Crippen molar-refractivity contribution in [3.8, 4) is 0 Å². The molecule has 0 fully saturated rings. The molecule has 0 bridgehead atoms. The number of nitrogens with zero attached hydrogens (tertiary/aromatic N) is 1. The lowest BCUT2D eigenvalue weighted by molar-refractivity contribution is -0.385. The third-order valence-corrected chi connectivity index (χ3v) is 2.18. The van der Waals surface area contributed by atoms with Gasteiger partial charge in [-0.25, -0.2) is 8.78 Å². The molecule has 0 spiro atoms. The van der Waals surface area contributed by atoms with Crippen LogP contribution >= 0.6 is 0 Å². The van der Waals surface area contributed by atoms with Gasteiger partial charge in [0.15, 0.2) is 11.6 Å². The molecule has 0 atom stereocenters. The minimum atomic E-state index is -4.34. The topological polar surface area (TPSA) is 55.2 Å². The number of alkyl halides is 3. The van der Waals surface area contributed by atoms with E-state index in [9.17, 15) is 32.1 Å². The van der Waals surface area contributed by atoms with Gasteiger partial charge in [0, 0.05) is 13.0 Å². The maximum atomic E-state index is 13.3. The maximum Gasteiger partial charge on any atom is 0.389 e. The molecular formula is C10H9F5N2O2. The maximum absolute atomic E-state index is 13.3. The smallest absolute Gasteiger partial charge is 0.380 e. The molecule has 19 heavy (non-hydrogen) atoms. The van der Waals surface area contributed by atoms with Crippen molar-refractivity contribution in [2.24, 2.45) is 0 Å². The molecule has 1 rings (SSSR count). The number of hydrogen-bond donors (Lipinski definition) is 1. The highest BCUT2D eigenvalue weighted by atomic mass is 19.4. The van der Waals surface area contributed by atoms with Gasteiger partial charge in [-0.3, -0.25) is 10.1 Å². The lowest BCUT2D eigenvalue weighted by atomic mass is 10.2.